The lowest BCUT2D eigenvalue weighted by Crippen LogP contribution is -2.52. The van der Waals surface area contributed by atoms with Crippen LogP contribution in [-0.2, 0) is 23.2 Å². The van der Waals surface area contributed by atoms with Gasteiger partial charge in [-0.2, -0.15) is 5.10 Å². The van der Waals surface area contributed by atoms with Gasteiger partial charge in [-0.3, -0.25) is 29.2 Å². The highest BCUT2D eigenvalue weighted by Gasteiger charge is 2.39. The summed E-state index contributed by atoms with van der Waals surface area (Å²) in [5.74, 6) is -0.111. The van der Waals surface area contributed by atoms with Crippen molar-refractivity contribution in [2.75, 3.05) is 13.2 Å². The number of ether oxygens (including phenoxy) is 1. The first-order valence-corrected chi connectivity index (χ1v) is 13.0. The van der Waals surface area contributed by atoms with Crippen LogP contribution in [0.1, 0.15) is 84.0 Å². The van der Waals surface area contributed by atoms with E-state index in [4.69, 9.17) is 4.74 Å². The molecule has 2 atom stereocenters. The smallest absolute Gasteiger partial charge is 0.272 e. The molecular formula is C27H33N5O5. The van der Waals surface area contributed by atoms with Gasteiger partial charge in [0.25, 0.3) is 11.8 Å². The lowest BCUT2D eigenvalue weighted by Gasteiger charge is -2.35. The van der Waals surface area contributed by atoms with Crippen LogP contribution in [-0.4, -0.2) is 68.4 Å². The van der Waals surface area contributed by atoms with Gasteiger partial charge in [0.15, 0.2) is 0 Å². The van der Waals surface area contributed by atoms with Crippen molar-refractivity contribution < 1.29 is 23.9 Å². The summed E-state index contributed by atoms with van der Waals surface area (Å²) in [7, 11) is 1.80. The van der Waals surface area contributed by atoms with Crippen molar-refractivity contribution in [3.05, 3.63) is 46.8 Å². The first kappa shape index (κ1) is 25.0. The SMILES string of the molecule is CC(C)c1cc(C(=O)N2CCCC[C@H]2COc2ccc3c(c2)CN(C2CCC(=O)NC2=O)C3=O)n(C)n1. The van der Waals surface area contributed by atoms with E-state index in [0.29, 0.717) is 43.1 Å². The number of fused-ring (bicyclic) bond motifs is 1. The van der Waals surface area contributed by atoms with Crippen molar-refractivity contribution in [1.29, 1.82) is 0 Å². The van der Waals surface area contributed by atoms with Crippen LogP contribution in [0.2, 0.25) is 0 Å². The average molecular weight is 508 g/mol. The van der Waals surface area contributed by atoms with Gasteiger partial charge < -0.3 is 14.5 Å². The Bertz CT molecular complexity index is 1250. The number of nitrogens with one attached hydrogen (secondary N) is 1. The van der Waals surface area contributed by atoms with E-state index >= 15 is 0 Å². The van der Waals surface area contributed by atoms with Gasteiger partial charge >= 0.3 is 0 Å². The fourth-order valence-corrected chi connectivity index (χ4v) is 5.39. The fourth-order valence-electron chi connectivity index (χ4n) is 5.39. The molecule has 4 heterocycles. The minimum atomic E-state index is -0.646. The monoisotopic (exact) mass is 507 g/mol. The minimum Gasteiger partial charge on any atom is -0.491 e. The Morgan fingerprint density at radius 2 is 1.97 bits per heavy atom. The van der Waals surface area contributed by atoms with E-state index in [2.05, 4.69) is 24.3 Å². The number of carbonyl (C=O) groups is 4. The minimum absolute atomic E-state index is 0.0327. The molecule has 37 heavy (non-hydrogen) atoms. The summed E-state index contributed by atoms with van der Waals surface area (Å²) in [5.41, 5.74) is 2.82. The molecular weight excluding hydrogens is 474 g/mol. The van der Waals surface area contributed by atoms with Crippen LogP contribution in [0.5, 0.6) is 5.75 Å². The van der Waals surface area contributed by atoms with E-state index in [1.165, 1.54) is 4.90 Å². The molecule has 0 bridgehead atoms. The largest absolute Gasteiger partial charge is 0.491 e. The molecule has 0 aliphatic carbocycles. The van der Waals surface area contributed by atoms with Crippen LogP contribution in [0.4, 0.5) is 0 Å². The fraction of sp³-hybridized carbons (Fsp3) is 0.519. The number of nitrogens with zero attached hydrogens (tertiary/aromatic N) is 4. The predicted molar refractivity (Wildman–Crippen MR) is 134 cm³/mol. The number of amides is 4. The van der Waals surface area contributed by atoms with E-state index in [1.807, 2.05) is 17.0 Å². The number of hydrogen-bond acceptors (Lipinski definition) is 6. The third-order valence-electron chi connectivity index (χ3n) is 7.53. The number of carbonyl (C=O) groups excluding carboxylic acids is 4. The van der Waals surface area contributed by atoms with E-state index < -0.39 is 11.9 Å². The molecule has 10 heteroatoms. The summed E-state index contributed by atoms with van der Waals surface area (Å²) in [6, 6.07) is 6.50. The second-order valence-electron chi connectivity index (χ2n) is 10.4. The highest BCUT2D eigenvalue weighted by atomic mass is 16.5. The normalized spacial score (nSPS) is 21.9. The van der Waals surface area contributed by atoms with Crippen LogP contribution < -0.4 is 10.1 Å². The van der Waals surface area contributed by atoms with Crippen molar-refractivity contribution in [2.24, 2.45) is 7.05 Å². The average Bonchev–Trinajstić information content (AvgIpc) is 3.42. The van der Waals surface area contributed by atoms with Gasteiger partial charge in [-0.15, -0.1) is 0 Å². The van der Waals surface area contributed by atoms with Gasteiger partial charge in [0, 0.05) is 32.1 Å². The topological polar surface area (TPSA) is 114 Å². The van der Waals surface area contributed by atoms with Crippen LogP contribution in [0.25, 0.3) is 0 Å². The summed E-state index contributed by atoms with van der Waals surface area (Å²) in [5, 5.41) is 6.82. The van der Waals surface area contributed by atoms with E-state index in [1.54, 1.807) is 23.9 Å². The number of aryl methyl sites for hydroxylation is 1. The maximum atomic E-state index is 13.4. The number of rotatable bonds is 6. The quantitative estimate of drug-likeness (QED) is 0.601. The highest BCUT2D eigenvalue weighted by Crippen LogP contribution is 2.31. The number of hydrogen-bond donors (Lipinski definition) is 1. The van der Waals surface area contributed by atoms with E-state index in [0.717, 1.165) is 30.5 Å². The molecule has 2 aromatic rings. The van der Waals surface area contributed by atoms with Crippen molar-refractivity contribution in [3.63, 3.8) is 0 Å². The molecule has 196 valence electrons. The Hall–Kier alpha value is -3.69. The molecule has 3 aliphatic rings. The molecule has 1 aromatic carbocycles. The van der Waals surface area contributed by atoms with E-state index in [9.17, 15) is 19.2 Å². The number of imide groups is 1. The molecule has 1 aromatic heterocycles. The van der Waals surface area contributed by atoms with Crippen LogP contribution in [0.3, 0.4) is 0 Å². The second-order valence-corrected chi connectivity index (χ2v) is 10.4. The zero-order valence-corrected chi connectivity index (χ0v) is 21.5. The highest BCUT2D eigenvalue weighted by molar-refractivity contribution is 6.05. The summed E-state index contributed by atoms with van der Waals surface area (Å²) >= 11 is 0. The molecule has 2 saturated heterocycles. The predicted octanol–water partition coefficient (Wildman–Crippen LogP) is 2.38. The van der Waals surface area contributed by atoms with Crippen molar-refractivity contribution >= 4 is 23.6 Å². The van der Waals surface area contributed by atoms with Crippen molar-refractivity contribution in [1.82, 2.24) is 24.9 Å². The Kier molecular flexibility index (Phi) is 6.74. The summed E-state index contributed by atoms with van der Waals surface area (Å²) in [6.45, 7) is 5.44. The van der Waals surface area contributed by atoms with E-state index in [-0.39, 0.29) is 36.1 Å². The maximum absolute atomic E-state index is 13.4. The Morgan fingerprint density at radius 3 is 2.70 bits per heavy atom. The van der Waals surface area contributed by atoms with Gasteiger partial charge in [0.1, 0.15) is 24.1 Å². The molecule has 0 spiro atoms. The third-order valence-corrected chi connectivity index (χ3v) is 7.53. The van der Waals surface area contributed by atoms with Crippen LogP contribution in [0, 0.1) is 0 Å². The lowest BCUT2D eigenvalue weighted by molar-refractivity contribution is -0.136. The van der Waals surface area contributed by atoms with Gasteiger partial charge in [-0.1, -0.05) is 13.8 Å². The van der Waals surface area contributed by atoms with Crippen LogP contribution >= 0.6 is 0 Å². The summed E-state index contributed by atoms with van der Waals surface area (Å²) in [6.07, 6.45) is 3.38. The maximum Gasteiger partial charge on any atom is 0.272 e. The number of aromatic nitrogens is 2. The van der Waals surface area contributed by atoms with Crippen LogP contribution in [0.15, 0.2) is 24.3 Å². The van der Waals surface area contributed by atoms with Gasteiger partial charge in [0.2, 0.25) is 11.8 Å². The Balaban J connectivity index is 1.26. The first-order chi connectivity index (χ1) is 17.7. The molecule has 5 rings (SSSR count). The molecule has 3 aliphatic heterocycles. The molecule has 0 saturated carbocycles. The zero-order valence-electron chi connectivity index (χ0n) is 21.5. The summed E-state index contributed by atoms with van der Waals surface area (Å²) in [4.78, 5) is 53.5. The Morgan fingerprint density at radius 1 is 1.16 bits per heavy atom. The molecule has 1 N–H and O–H groups in total. The molecule has 0 radical (unpaired) electrons. The standard InChI is InChI=1S/C27H33N5O5/c1-16(2)21-13-23(30(3)29-21)27(36)31-11-5-4-6-18(31)15-37-19-7-8-20-17(12-19)14-32(26(20)35)22-9-10-24(33)28-25(22)34/h7-8,12-13,16,18,22H,4-6,9-11,14-15H2,1-3H3,(H,28,33,34)/t18-,22?/m0/s1. The lowest BCUT2D eigenvalue weighted by atomic mass is 10.0. The summed E-state index contributed by atoms with van der Waals surface area (Å²) < 4.78 is 7.80. The van der Waals surface area contributed by atoms with Crippen molar-refractivity contribution in [3.8, 4) is 5.75 Å². The van der Waals surface area contributed by atoms with Gasteiger partial charge in [-0.25, -0.2) is 0 Å². The Labute approximate surface area is 215 Å². The molecule has 2 fully saturated rings. The number of benzene rings is 1. The third kappa shape index (κ3) is 4.84. The first-order valence-electron chi connectivity index (χ1n) is 13.0. The molecule has 1 unspecified atom stereocenters. The molecule has 10 nitrogen and oxygen atoms in total. The van der Waals surface area contributed by atoms with Crippen molar-refractivity contribution in [2.45, 2.75) is 70.5 Å². The number of likely N-dealkylation sites (tertiary alicyclic amines) is 1. The number of piperidine rings is 2. The second kappa shape index (κ2) is 9.99. The van der Waals surface area contributed by atoms with Gasteiger partial charge in [-0.05, 0) is 61.4 Å². The zero-order chi connectivity index (χ0) is 26.3. The molecule has 4 amide bonds. The van der Waals surface area contributed by atoms with Gasteiger partial charge in [0.05, 0.1) is 11.7 Å².